The number of imidazole rings is 1. The Labute approximate surface area is 132 Å². The van der Waals surface area contributed by atoms with Gasteiger partial charge in [-0.2, -0.15) is 0 Å². The van der Waals surface area contributed by atoms with Gasteiger partial charge in [-0.05, 0) is 12.1 Å². The van der Waals surface area contributed by atoms with Gasteiger partial charge >= 0.3 is 5.97 Å². The summed E-state index contributed by atoms with van der Waals surface area (Å²) in [6, 6.07) is 6.30. The summed E-state index contributed by atoms with van der Waals surface area (Å²) in [4.78, 5) is 48.6. The molecule has 0 fully saturated rings. The van der Waals surface area contributed by atoms with Crippen molar-refractivity contribution >= 4 is 17.8 Å². The Bertz CT molecular complexity index is 782. The standard InChI is InChI=1S/C16H15N3O4/c1-16(2,3)12-11(17-8-18-12)15(22)23-19-13(20)9-6-4-5-7-10(9)14(19)21/h4-8H,1-3H3,(H,17,18). The van der Waals surface area contributed by atoms with Crippen molar-refractivity contribution in [1.82, 2.24) is 15.0 Å². The molecule has 0 saturated carbocycles. The van der Waals surface area contributed by atoms with Gasteiger partial charge in [0.15, 0.2) is 5.69 Å². The molecule has 2 amide bonds. The highest BCUT2D eigenvalue weighted by molar-refractivity contribution is 6.21. The van der Waals surface area contributed by atoms with Crippen LogP contribution in [0, 0.1) is 0 Å². The Morgan fingerprint density at radius 3 is 2.22 bits per heavy atom. The molecule has 0 bridgehead atoms. The van der Waals surface area contributed by atoms with E-state index in [1.807, 2.05) is 20.8 Å². The third kappa shape index (κ3) is 2.40. The van der Waals surface area contributed by atoms with Crippen LogP contribution in [0.5, 0.6) is 0 Å². The first-order valence-electron chi connectivity index (χ1n) is 7.04. The number of aromatic nitrogens is 2. The number of H-pyrrole nitrogens is 1. The van der Waals surface area contributed by atoms with Crippen LogP contribution in [0.3, 0.4) is 0 Å². The van der Waals surface area contributed by atoms with Gasteiger partial charge in [-0.3, -0.25) is 9.59 Å². The van der Waals surface area contributed by atoms with E-state index in [2.05, 4.69) is 9.97 Å². The van der Waals surface area contributed by atoms with E-state index in [4.69, 9.17) is 4.84 Å². The average Bonchev–Trinajstić information content (AvgIpc) is 3.08. The zero-order valence-electron chi connectivity index (χ0n) is 12.9. The summed E-state index contributed by atoms with van der Waals surface area (Å²) in [7, 11) is 0. The lowest BCUT2D eigenvalue weighted by Crippen LogP contribution is -2.33. The molecule has 0 spiro atoms. The molecule has 0 radical (unpaired) electrons. The molecule has 1 N–H and O–H groups in total. The molecule has 3 rings (SSSR count). The van der Waals surface area contributed by atoms with Crippen molar-refractivity contribution in [2.24, 2.45) is 0 Å². The molecule has 1 aliphatic heterocycles. The molecule has 0 atom stereocenters. The highest BCUT2D eigenvalue weighted by Gasteiger charge is 2.39. The molecule has 7 heteroatoms. The third-order valence-electron chi connectivity index (χ3n) is 3.51. The van der Waals surface area contributed by atoms with Crippen molar-refractivity contribution in [3.05, 3.63) is 53.1 Å². The van der Waals surface area contributed by atoms with Crippen LogP contribution in [-0.2, 0) is 10.3 Å². The van der Waals surface area contributed by atoms with Gasteiger partial charge in [-0.25, -0.2) is 9.78 Å². The van der Waals surface area contributed by atoms with Crippen molar-refractivity contribution in [3.63, 3.8) is 0 Å². The van der Waals surface area contributed by atoms with Crippen LogP contribution < -0.4 is 0 Å². The van der Waals surface area contributed by atoms with Gasteiger partial charge in [0.25, 0.3) is 11.8 Å². The second-order valence-electron chi connectivity index (χ2n) is 6.21. The van der Waals surface area contributed by atoms with Crippen molar-refractivity contribution in [2.45, 2.75) is 26.2 Å². The van der Waals surface area contributed by atoms with Gasteiger partial charge in [0.2, 0.25) is 0 Å². The first-order chi connectivity index (χ1) is 10.8. The minimum absolute atomic E-state index is 0.0501. The van der Waals surface area contributed by atoms with Crippen molar-refractivity contribution in [1.29, 1.82) is 0 Å². The van der Waals surface area contributed by atoms with Crippen LogP contribution in [0.25, 0.3) is 0 Å². The molecule has 118 valence electrons. The molecule has 23 heavy (non-hydrogen) atoms. The van der Waals surface area contributed by atoms with Gasteiger partial charge in [-0.15, -0.1) is 0 Å². The number of aromatic amines is 1. The predicted molar refractivity (Wildman–Crippen MR) is 79.6 cm³/mol. The number of carbonyl (C=O) groups excluding carboxylic acids is 3. The number of nitrogens with one attached hydrogen (secondary N) is 1. The molecule has 1 aromatic carbocycles. The number of rotatable bonds is 2. The Kier molecular flexibility index (Phi) is 3.28. The molecule has 0 saturated heterocycles. The van der Waals surface area contributed by atoms with Crippen LogP contribution in [0.15, 0.2) is 30.6 Å². The van der Waals surface area contributed by atoms with Crippen LogP contribution >= 0.6 is 0 Å². The van der Waals surface area contributed by atoms with E-state index >= 15 is 0 Å². The van der Waals surface area contributed by atoms with E-state index in [9.17, 15) is 14.4 Å². The van der Waals surface area contributed by atoms with E-state index in [0.717, 1.165) is 0 Å². The van der Waals surface area contributed by atoms with Crippen molar-refractivity contribution in [2.75, 3.05) is 0 Å². The van der Waals surface area contributed by atoms with Gasteiger partial charge in [-0.1, -0.05) is 38.0 Å². The number of nitrogens with zero attached hydrogens (tertiary/aromatic N) is 2. The van der Waals surface area contributed by atoms with E-state index in [0.29, 0.717) is 10.8 Å². The lowest BCUT2D eigenvalue weighted by atomic mass is 9.91. The van der Waals surface area contributed by atoms with E-state index in [-0.39, 0.29) is 22.2 Å². The van der Waals surface area contributed by atoms with E-state index < -0.39 is 17.8 Å². The minimum atomic E-state index is -0.856. The van der Waals surface area contributed by atoms with Gasteiger partial charge < -0.3 is 9.82 Å². The minimum Gasteiger partial charge on any atom is -0.347 e. The quantitative estimate of drug-likeness (QED) is 0.857. The highest BCUT2D eigenvalue weighted by Crippen LogP contribution is 2.26. The molecular weight excluding hydrogens is 298 g/mol. The Morgan fingerprint density at radius 1 is 1.13 bits per heavy atom. The number of hydrogen-bond donors (Lipinski definition) is 1. The Hall–Kier alpha value is -2.96. The SMILES string of the molecule is CC(C)(C)c1[nH]cnc1C(=O)ON1C(=O)c2ccccc2C1=O. The topological polar surface area (TPSA) is 92.4 Å². The zero-order chi connectivity index (χ0) is 16.8. The summed E-state index contributed by atoms with van der Waals surface area (Å²) >= 11 is 0. The molecule has 2 aromatic rings. The van der Waals surface area contributed by atoms with Gasteiger partial charge in [0.1, 0.15) is 0 Å². The second kappa shape index (κ2) is 5.05. The monoisotopic (exact) mass is 313 g/mol. The lowest BCUT2D eigenvalue weighted by molar-refractivity contribution is -0.0589. The summed E-state index contributed by atoms with van der Waals surface area (Å²) in [5.41, 5.74) is 0.673. The molecular formula is C16H15N3O4. The fourth-order valence-corrected chi connectivity index (χ4v) is 2.40. The van der Waals surface area contributed by atoms with Crippen molar-refractivity contribution in [3.8, 4) is 0 Å². The fraction of sp³-hybridized carbons (Fsp3) is 0.250. The molecule has 0 unspecified atom stereocenters. The van der Waals surface area contributed by atoms with Gasteiger partial charge in [0.05, 0.1) is 23.1 Å². The van der Waals surface area contributed by atoms with Crippen LogP contribution in [-0.4, -0.2) is 32.8 Å². The maximum atomic E-state index is 12.3. The number of carbonyl (C=O) groups is 3. The number of hydroxylamine groups is 2. The summed E-state index contributed by atoms with van der Waals surface area (Å²) in [6.45, 7) is 5.71. The summed E-state index contributed by atoms with van der Waals surface area (Å²) in [5.74, 6) is -2.18. The second-order valence-corrected chi connectivity index (χ2v) is 6.21. The van der Waals surface area contributed by atoms with Crippen LogP contribution in [0.2, 0.25) is 0 Å². The Balaban J connectivity index is 1.87. The summed E-state index contributed by atoms with van der Waals surface area (Å²) in [6.07, 6.45) is 1.37. The van der Waals surface area contributed by atoms with Crippen molar-refractivity contribution < 1.29 is 19.2 Å². The summed E-state index contributed by atoms with van der Waals surface area (Å²) in [5, 5.41) is 0.480. The smallest absolute Gasteiger partial charge is 0.347 e. The fourth-order valence-electron chi connectivity index (χ4n) is 2.40. The molecule has 7 nitrogen and oxygen atoms in total. The summed E-state index contributed by atoms with van der Waals surface area (Å²) < 4.78 is 0. The first kappa shape index (κ1) is 15.0. The van der Waals surface area contributed by atoms with E-state index in [1.165, 1.54) is 18.5 Å². The maximum absolute atomic E-state index is 12.3. The molecule has 1 aliphatic rings. The number of amides is 2. The highest BCUT2D eigenvalue weighted by atomic mass is 16.7. The lowest BCUT2D eigenvalue weighted by Gasteiger charge is -2.18. The molecule has 2 heterocycles. The number of hydrogen-bond acceptors (Lipinski definition) is 5. The van der Waals surface area contributed by atoms with E-state index in [1.54, 1.807) is 12.1 Å². The predicted octanol–water partition coefficient (Wildman–Crippen LogP) is 2.08. The Morgan fingerprint density at radius 2 is 1.70 bits per heavy atom. The first-order valence-corrected chi connectivity index (χ1v) is 7.04. The van der Waals surface area contributed by atoms with Crippen LogP contribution in [0.4, 0.5) is 0 Å². The molecule has 0 aliphatic carbocycles. The largest absolute Gasteiger partial charge is 0.384 e. The third-order valence-corrected chi connectivity index (χ3v) is 3.51. The molecule has 1 aromatic heterocycles. The normalized spacial score (nSPS) is 14.1. The number of fused-ring (bicyclic) bond motifs is 1. The zero-order valence-corrected chi connectivity index (χ0v) is 12.9. The van der Waals surface area contributed by atoms with Gasteiger partial charge in [0, 0.05) is 5.41 Å². The number of imide groups is 1. The van der Waals surface area contributed by atoms with Crippen LogP contribution in [0.1, 0.15) is 57.7 Å². The maximum Gasteiger partial charge on any atom is 0.384 e. The average molecular weight is 313 g/mol. The number of benzene rings is 1.